The Morgan fingerprint density at radius 2 is 1.93 bits per heavy atom. The average molecular weight is 379 g/mol. The van der Waals surface area contributed by atoms with E-state index >= 15 is 0 Å². The zero-order valence-corrected chi connectivity index (χ0v) is 15.0. The molecule has 0 aliphatic carbocycles. The lowest BCUT2D eigenvalue weighted by Gasteiger charge is -2.44. The number of carbonyl (C=O) groups is 1. The number of hydrogen-bond acceptors (Lipinski definition) is 5. The normalized spacial score (nSPS) is 15.0. The van der Waals surface area contributed by atoms with Gasteiger partial charge in [0, 0.05) is 36.6 Å². The lowest BCUT2D eigenvalue weighted by molar-refractivity contribution is -0.137. The number of rotatable bonds is 5. The highest BCUT2D eigenvalue weighted by molar-refractivity contribution is 5.92. The average Bonchev–Trinajstić information content (AvgIpc) is 2.53. The number of halogens is 3. The van der Waals surface area contributed by atoms with E-state index < -0.39 is 11.7 Å². The predicted octanol–water partition coefficient (Wildman–Crippen LogP) is 2.56. The summed E-state index contributed by atoms with van der Waals surface area (Å²) >= 11 is 0. The number of aromatic nitrogens is 2. The van der Waals surface area contributed by atoms with Gasteiger partial charge in [-0.2, -0.15) is 13.2 Å². The first kappa shape index (κ1) is 19.1. The molecule has 1 fully saturated rings. The molecule has 2 heterocycles. The van der Waals surface area contributed by atoms with Crippen LogP contribution in [0, 0.1) is 6.92 Å². The molecule has 0 atom stereocenters. The van der Waals surface area contributed by atoms with E-state index in [1.807, 2.05) is 24.9 Å². The first-order valence-electron chi connectivity index (χ1n) is 8.43. The molecule has 0 unspecified atom stereocenters. The van der Waals surface area contributed by atoms with Crippen LogP contribution in [0.5, 0.6) is 0 Å². The molecule has 1 aromatic carbocycles. The van der Waals surface area contributed by atoms with Crippen LogP contribution in [0.1, 0.15) is 11.3 Å². The molecule has 27 heavy (non-hydrogen) atoms. The van der Waals surface area contributed by atoms with Crippen molar-refractivity contribution in [3.05, 3.63) is 47.9 Å². The van der Waals surface area contributed by atoms with Crippen LogP contribution >= 0.6 is 0 Å². The largest absolute Gasteiger partial charge is 0.416 e. The van der Waals surface area contributed by atoms with Crippen molar-refractivity contribution in [1.82, 2.24) is 14.9 Å². The highest BCUT2D eigenvalue weighted by atomic mass is 19.4. The second kappa shape index (κ2) is 7.51. The van der Waals surface area contributed by atoms with E-state index in [-0.39, 0.29) is 18.5 Å². The third-order valence-electron chi connectivity index (χ3n) is 4.49. The summed E-state index contributed by atoms with van der Waals surface area (Å²) in [6.07, 6.45) is -2.86. The van der Waals surface area contributed by atoms with Gasteiger partial charge in [-0.1, -0.05) is 0 Å². The molecule has 2 aromatic rings. The lowest BCUT2D eigenvalue weighted by atomic mass is 10.1. The summed E-state index contributed by atoms with van der Waals surface area (Å²) in [7, 11) is 1.85. The van der Waals surface area contributed by atoms with Crippen molar-refractivity contribution in [3.8, 4) is 0 Å². The van der Waals surface area contributed by atoms with Crippen molar-refractivity contribution >= 4 is 17.4 Å². The van der Waals surface area contributed by atoms with Crippen LogP contribution in [0.3, 0.4) is 0 Å². The molecular weight excluding hydrogens is 359 g/mol. The number of hydrogen-bond donors (Lipinski definition) is 1. The Morgan fingerprint density at radius 1 is 1.26 bits per heavy atom. The molecule has 1 saturated heterocycles. The Balaban J connectivity index is 1.47. The summed E-state index contributed by atoms with van der Waals surface area (Å²) in [5, 5.41) is 2.62. The Kier molecular flexibility index (Phi) is 5.31. The van der Waals surface area contributed by atoms with Crippen LogP contribution in [0.15, 0.2) is 36.7 Å². The van der Waals surface area contributed by atoms with E-state index in [2.05, 4.69) is 20.2 Å². The molecule has 0 spiro atoms. The van der Waals surface area contributed by atoms with Crippen molar-refractivity contribution in [2.45, 2.75) is 19.1 Å². The van der Waals surface area contributed by atoms with Crippen molar-refractivity contribution in [2.24, 2.45) is 0 Å². The summed E-state index contributed by atoms with van der Waals surface area (Å²) in [5.74, 6) is 0.593. The zero-order valence-electron chi connectivity index (χ0n) is 15.0. The van der Waals surface area contributed by atoms with E-state index in [9.17, 15) is 18.0 Å². The van der Waals surface area contributed by atoms with Gasteiger partial charge in [-0.05, 0) is 38.2 Å². The van der Waals surface area contributed by atoms with E-state index in [4.69, 9.17) is 0 Å². The summed E-state index contributed by atoms with van der Waals surface area (Å²) < 4.78 is 37.7. The maximum Gasteiger partial charge on any atom is 0.416 e. The topological polar surface area (TPSA) is 61.4 Å². The van der Waals surface area contributed by atoms with Gasteiger partial charge in [0.1, 0.15) is 12.1 Å². The molecule has 6 nitrogen and oxygen atoms in total. The van der Waals surface area contributed by atoms with Crippen LogP contribution in [0.4, 0.5) is 24.7 Å². The second-order valence-electron chi connectivity index (χ2n) is 6.61. The van der Waals surface area contributed by atoms with Crippen molar-refractivity contribution in [3.63, 3.8) is 0 Å². The van der Waals surface area contributed by atoms with Gasteiger partial charge >= 0.3 is 6.18 Å². The van der Waals surface area contributed by atoms with E-state index in [0.717, 1.165) is 36.7 Å². The lowest BCUT2D eigenvalue weighted by Crippen LogP contribution is -2.59. The highest BCUT2D eigenvalue weighted by Crippen LogP contribution is 2.29. The standard InChI is InChI=1S/C18H20F3N5O/c1-12-7-16(23-11-22-12)26-8-15(9-26)25(2)10-17(27)24-14-5-3-13(4-6-14)18(19,20)21/h3-7,11,15H,8-10H2,1-2H3,(H,24,27). The first-order chi connectivity index (χ1) is 12.7. The van der Waals surface area contributed by atoms with Crippen LogP contribution in [-0.4, -0.2) is 53.5 Å². The SMILES string of the molecule is Cc1cc(N2CC(N(C)CC(=O)Nc3ccc(C(F)(F)F)cc3)C2)ncn1. The van der Waals surface area contributed by atoms with E-state index in [1.54, 1.807) is 0 Å². The Morgan fingerprint density at radius 3 is 2.52 bits per heavy atom. The van der Waals surface area contributed by atoms with Gasteiger partial charge in [0.05, 0.1) is 12.1 Å². The van der Waals surface area contributed by atoms with Crippen molar-refractivity contribution in [2.75, 3.05) is 36.9 Å². The maximum atomic E-state index is 12.6. The van der Waals surface area contributed by atoms with Gasteiger partial charge in [-0.25, -0.2) is 9.97 Å². The number of nitrogens with zero attached hydrogens (tertiary/aromatic N) is 4. The minimum Gasteiger partial charge on any atom is -0.353 e. The number of benzene rings is 1. The Hall–Kier alpha value is -2.68. The van der Waals surface area contributed by atoms with Gasteiger partial charge in [-0.3, -0.25) is 9.69 Å². The minimum atomic E-state index is -4.39. The van der Waals surface area contributed by atoms with E-state index in [1.165, 1.54) is 18.5 Å². The van der Waals surface area contributed by atoms with E-state index in [0.29, 0.717) is 5.69 Å². The van der Waals surface area contributed by atoms with Crippen LogP contribution in [0.25, 0.3) is 0 Å². The minimum absolute atomic E-state index is 0.155. The summed E-state index contributed by atoms with van der Waals surface area (Å²) in [4.78, 5) is 24.5. The fraction of sp³-hybridized carbons (Fsp3) is 0.389. The molecule has 144 valence electrons. The monoisotopic (exact) mass is 379 g/mol. The number of carbonyl (C=O) groups excluding carboxylic acids is 1. The van der Waals surface area contributed by atoms with Gasteiger partial charge in [0.15, 0.2) is 0 Å². The highest BCUT2D eigenvalue weighted by Gasteiger charge is 2.32. The number of aryl methyl sites for hydroxylation is 1. The van der Waals surface area contributed by atoms with Crippen LogP contribution in [0.2, 0.25) is 0 Å². The maximum absolute atomic E-state index is 12.6. The van der Waals surface area contributed by atoms with Gasteiger partial charge in [0.25, 0.3) is 0 Å². The third kappa shape index (κ3) is 4.73. The fourth-order valence-electron chi connectivity index (χ4n) is 2.83. The molecule has 0 saturated carbocycles. The quantitative estimate of drug-likeness (QED) is 0.865. The molecule has 1 N–H and O–H groups in total. The Labute approximate surface area is 155 Å². The molecule has 0 radical (unpaired) electrons. The smallest absolute Gasteiger partial charge is 0.353 e. The summed E-state index contributed by atoms with van der Waals surface area (Å²) in [6.45, 7) is 3.56. The van der Waals surface area contributed by atoms with Crippen LogP contribution in [-0.2, 0) is 11.0 Å². The number of alkyl halides is 3. The predicted molar refractivity (Wildman–Crippen MR) is 95.5 cm³/mol. The number of amides is 1. The third-order valence-corrected chi connectivity index (χ3v) is 4.49. The number of likely N-dealkylation sites (N-methyl/N-ethyl adjacent to an activating group) is 1. The fourth-order valence-corrected chi connectivity index (χ4v) is 2.83. The van der Waals surface area contributed by atoms with Gasteiger partial charge < -0.3 is 10.2 Å². The van der Waals surface area contributed by atoms with Crippen molar-refractivity contribution < 1.29 is 18.0 Å². The van der Waals surface area contributed by atoms with Crippen molar-refractivity contribution in [1.29, 1.82) is 0 Å². The molecular formula is C18H20F3N5O. The molecule has 1 aliphatic heterocycles. The zero-order chi connectivity index (χ0) is 19.6. The summed E-state index contributed by atoms with van der Waals surface area (Å²) in [6, 6.07) is 6.53. The number of nitrogens with one attached hydrogen (secondary N) is 1. The summed E-state index contributed by atoms with van der Waals surface area (Å²) in [5.41, 5.74) is 0.493. The van der Waals surface area contributed by atoms with Gasteiger partial charge in [-0.15, -0.1) is 0 Å². The molecule has 1 amide bonds. The molecule has 1 aliphatic rings. The Bertz CT molecular complexity index is 803. The van der Waals surface area contributed by atoms with Crippen LogP contribution < -0.4 is 10.2 Å². The number of anilines is 2. The first-order valence-corrected chi connectivity index (χ1v) is 8.43. The van der Waals surface area contributed by atoms with Gasteiger partial charge in [0.2, 0.25) is 5.91 Å². The molecule has 9 heteroatoms. The molecule has 0 bridgehead atoms. The molecule has 3 rings (SSSR count). The molecule has 1 aromatic heterocycles. The second-order valence-corrected chi connectivity index (χ2v) is 6.61.